The minimum Gasteiger partial charge on any atom is -0.462 e. The Balaban J connectivity index is 1.97. The van der Waals surface area contributed by atoms with Crippen LogP contribution in [-0.2, 0) is 4.74 Å². The summed E-state index contributed by atoms with van der Waals surface area (Å²) < 4.78 is 5.13. The lowest BCUT2D eigenvalue weighted by molar-refractivity contribution is 0.0533. The molecule has 3 aromatic rings. The topological polar surface area (TPSA) is 68.3 Å². The molecule has 0 radical (unpaired) electrons. The van der Waals surface area contributed by atoms with Crippen LogP contribution in [0.25, 0.3) is 10.4 Å². The second-order valence-corrected chi connectivity index (χ2v) is 7.15. The predicted octanol–water partition coefficient (Wildman–Crippen LogP) is 5.20. The molecule has 0 aliphatic rings. The molecule has 0 saturated heterocycles. The van der Waals surface area contributed by atoms with Crippen LogP contribution in [0.1, 0.15) is 32.5 Å². The van der Waals surface area contributed by atoms with Crippen molar-refractivity contribution >= 4 is 40.5 Å². The van der Waals surface area contributed by atoms with Gasteiger partial charge in [0.15, 0.2) is 0 Å². The van der Waals surface area contributed by atoms with E-state index in [0.29, 0.717) is 10.6 Å². The molecule has 0 aliphatic heterocycles. The molecule has 27 heavy (non-hydrogen) atoms. The van der Waals surface area contributed by atoms with E-state index in [0.717, 1.165) is 16.0 Å². The highest BCUT2D eigenvalue weighted by atomic mass is 35.5. The maximum Gasteiger partial charge on any atom is 0.350 e. The zero-order chi connectivity index (χ0) is 19.4. The number of esters is 1. The third-order valence-electron chi connectivity index (χ3n) is 3.78. The van der Waals surface area contributed by atoms with Gasteiger partial charge in [-0.15, -0.1) is 11.3 Å². The fraction of sp³-hybridized carbons (Fsp3) is 0.150. The summed E-state index contributed by atoms with van der Waals surface area (Å²) in [5, 5.41) is 2.85. The number of halogens is 1. The molecular weight excluding hydrogens is 384 g/mol. The molecule has 2 aromatic heterocycles. The van der Waals surface area contributed by atoms with Crippen LogP contribution in [0.3, 0.4) is 0 Å². The molecule has 0 unspecified atom stereocenters. The summed E-state index contributed by atoms with van der Waals surface area (Å²) in [7, 11) is 0. The Morgan fingerprint density at radius 3 is 2.63 bits per heavy atom. The lowest BCUT2D eigenvalue weighted by atomic mass is 10.1. The van der Waals surface area contributed by atoms with Crippen molar-refractivity contribution in [2.75, 3.05) is 11.9 Å². The molecule has 3 rings (SSSR count). The summed E-state index contributed by atoms with van der Waals surface area (Å²) in [6.07, 6.45) is 1.50. The first-order chi connectivity index (χ1) is 13.0. The zero-order valence-electron chi connectivity index (χ0n) is 14.8. The van der Waals surface area contributed by atoms with Crippen molar-refractivity contribution in [3.05, 3.63) is 69.8 Å². The Morgan fingerprint density at radius 1 is 1.22 bits per heavy atom. The Kier molecular flexibility index (Phi) is 5.88. The van der Waals surface area contributed by atoms with Crippen LogP contribution >= 0.6 is 22.9 Å². The van der Waals surface area contributed by atoms with Gasteiger partial charge in [0.25, 0.3) is 5.91 Å². The highest BCUT2D eigenvalue weighted by molar-refractivity contribution is 7.18. The first-order valence-corrected chi connectivity index (χ1v) is 9.49. The zero-order valence-corrected chi connectivity index (χ0v) is 16.4. The largest absolute Gasteiger partial charge is 0.462 e. The van der Waals surface area contributed by atoms with E-state index in [1.54, 1.807) is 25.1 Å². The maximum atomic E-state index is 12.6. The summed E-state index contributed by atoms with van der Waals surface area (Å²) in [6.45, 7) is 3.99. The third kappa shape index (κ3) is 4.35. The van der Waals surface area contributed by atoms with E-state index in [1.807, 2.05) is 31.2 Å². The predicted molar refractivity (Wildman–Crippen MR) is 108 cm³/mol. The number of rotatable bonds is 5. The van der Waals surface area contributed by atoms with E-state index in [2.05, 4.69) is 10.3 Å². The van der Waals surface area contributed by atoms with E-state index < -0.39 is 11.9 Å². The van der Waals surface area contributed by atoms with Crippen molar-refractivity contribution in [2.24, 2.45) is 0 Å². The van der Waals surface area contributed by atoms with Gasteiger partial charge >= 0.3 is 5.97 Å². The maximum absolute atomic E-state index is 12.6. The smallest absolute Gasteiger partial charge is 0.350 e. The van der Waals surface area contributed by atoms with Gasteiger partial charge < -0.3 is 10.1 Å². The average Bonchev–Trinajstić information content (AvgIpc) is 3.06. The van der Waals surface area contributed by atoms with Crippen molar-refractivity contribution in [2.45, 2.75) is 13.8 Å². The number of amides is 1. The molecule has 0 spiro atoms. The van der Waals surface area contributed by atoms with E-state index >= 15 is 0 Å². The molecule has 0 saturated carbocycles. The monoisotopic (exact) mass is 400 g/mol. The number of thiophene rings is 1. The van der Waals surface area contributed by atoms with Crippen LogP contribution in [0.5, 0.6) is 0 Å². The van der Waals surface area contributed by atoms with Gasteiger partial charge in [-0.2, -0.15) is 0 Å². The van der Waals surface area contributed by atoms with Gasteiger partial charge in [0.05, 0.1) is 17.9 Å². The number of carbonyl (C=O) groups is 2. The van der Waals surface area contributed by atoms with Gasteiger partial charge in [-0.3, -0.25) is 4.79 Å². The van der Waals surface area contributed by atoms with Crippen molar-refractivity contribution in [1.29, 1.82) is 0 Å². The van der Waals surface area contributed by atoms with Crippen molar-refractivity contribution in [1.82, 2.24) is 4.98 Å². The molecule has 1 N–H and O–H groups in total. The lowest BCUT2D eigenvalue weighted by Gasteiger charge is -2.06. The standard InChI is InChI=1S/C20H17ClN2O3S/c1-3-26-20(25)17-15(23-19(24)14-5-4-10-22-18(14)21)11-16(27-17)13-8-6-12(2)7-9-13/h4-11H,3H2,1-2H3,(H,23,24). The van der Waals surface area contributed by atoms with Crippen LogP contribution in [0.2, 0.25) is 5.15 Å². The van der Waals surface area contributed by atoms with Crippen LogP contribution in [-0.4, -0.2) is 23.5 Å². The fourth-order valence-corrected chi connectivity index (χ4v) is 3.66. The molecule has 0 fully saturated rings. The SMILES string of the molecule is CCOC(=O)c1sc(-c2ccc(C)cc2)cc1NC(=O)c1cccnc1Cl. The molecule has 0 atom stereocenters. The molecule has 1 amide bonds. The van der Waals surface area contributed by atoms with E-state index in [4.69, 9.17) is 16.3 Å². The Hall–Kier alpha value is -2.70. The lowest BCUT2D eigenvalue weighted by Crippen LogP contribution is -2.15. The van der Waals surface area contributed by atoms with E-state index in [9.17, 15) is 9.59 Å². The number of nitrogens with zero attached hydrogens (tertiary/aromatic N) is 1. The Labute approximate surface area is 166 Å². The molecular formula is C20H17ClN2O3S. The van der Waals surface area contributed by atoms with E-state index in [1.165, 1.54) is 17.5 Å². The van der Waals surface area contributed by atoms with Gasteiger partial charge in [0, 0.05) is 11.1 Å². The van der Waals surface area contributed by atoms with Crippen LogP contribution < -0.4 is 5.32 Å². The summed E-state index contributed by atoms with van der Waals surface area (Å²) >= 11 is 7.26. The second-order valence-electron chi connectivity index (χ2n) is 5.74. The van der Waals surface area contributed by atoms with Gasteiger partial charge in [-0.25, -0.2) is 9.78 Å². The molecule has 0 aliphatic carbocycles. The number of anilines is 1. The Bertz CT molecular complexity index is 983. The van der Waals surface area contributed by atoms with Gasteiger partial charge in [0.2, 0.25) is 0 Å². The molecule has 2 heterocycles. The van der Waals surface area contributed by atoms with Crippen molar-refractivity contribution in [3.8, 4) is 10.4 Å². The summed E-state index contributed by atoms with van der Waals surface area (Å²) in [4.78, 5) is 30.0. The van der Waals surface area contributed by atoms with Gasteiger partial charge in [0.1, 0.15) is 10.0 Å². The summed E-state index contributed by atoms with van der Waals surface area (Å²) in [5.41, 5.74) is 2.72. The van der Waals surface area contributed by atoms with E-state index in [-0.39, 0.29) is 17.3 Å². The van der Waals surface area contributed by atoms with Crippen LogP contribution in [0.15, 0.2) is 48.7 Å². The van der Waals surface area contributed by atoms with Crippen molar-refractivity contribution in [3.63, 3.8) is 0 Å². The number of carbonyl (C=O) groups excluding carboxylic acids is 2. The number of nitrogens with one attached hydrogen (secondary N) is 1. The average molecular weight is 401 g/mol. The molecule has 138 valence electrons. The highest BCUT2D eigenvalue weighted by Crippen LogP contribution is 2.36. The Morgan fingerprint density at radius 2 is 1.96 bits per heavy atom. The van der Waals surface area contributed by atoms with Gasteiger partial charge in [-0.05, 0) is 37.6 Å². The third-order valence-corrected chi connectivity index (χ3v) is 5.25. The number of ether oxygens (including phenoxy) is 1. The minimum absolute atomic E-state index is 0.0988. The first kappa shape index (κ1) is 19.1. The minimum atomic E-state index is -0.478. The highest BCUT2D eigenvalue weighted by Gasteiger charge is 2.21. The van der Waals surface area contributed by atoms with Gasteiger partial charge in [-0.1, -0.05) is 41.4 Å². The normalized spacial score (nSPS) is 10.5. The summed E-state index contributed by atoms with van der Waals surface area (Å²) in [5.74, 6) is -0.916. The number of aryl methyl sites for hydroxylation is 1. The van der Waals surface area contributed by atoms with Crippen LogP contribution in [0.4, 0.5) is 5.69 Å². The van der Waals surface area contributed by atoms with Crippen LogP contribution in [0, 0.1) is 6.92 Å². The summed E-state index contributed by atoms with van der Waals surface area (Å²) in [6, 6.07) is 12.9. The first-order valence-electron chi connectivity index (χ1n) is 8.29. The molecule has 0 bridgehead atoms. The fourth-order valence-electron chi connectivity index (χ4n) is 2.44. The van der Waals surface area contributed by atoms with Crippen molar-refractivity contribution < 1.29 is 14.3 Å². The molecule has 5 nitrogen and oxygen atoms in total. The number of benzene rings is 1. The molecule has 7 heteroatoms. The number of pyridine rings is 1. The molecule has 1 aromatic carbocycles. The quantitative estimate of drug-likeness (QED) is 0.472. The number of hydrogen-bond donors (Lipinski definition) is 1. The number of hydrogen-bond acceptors (Lipinski definition) is 5. The second kappa shape index (κ2) is 8.33. The number of aromatic nitrogens is 1.